The number of aliphatic hydroxyl groups excluding tert-OH is 1. The molecule has 7 heteroatoms. The van der Waals surface area contributed by atoms with Gasteiger partial charge in [0, 0.05) is 10.7 Å². The van der Waals surface area contributed by atoms with Crippen molar-refractivity contribution in [3.05, 3.63) is 64.4 Å². The Labute approximate surface area is 147 Å². The van der Waals surface area contributed by atoms with E-state index in [0.29, 0.717) is 27.5 Å². The molecule has 0 bridgehead atoms. The maximum absolute atomic E-state index is 13.4. The van der Waals surface area contributed by atoms with Crippen molar-refractivity contribution < 1.29 is 9.50 Å². The van der Waals surface area contributed by atoms with Gasteiger partial charge in [-0.1, -0.05) is 11.6 Å². The van der Waals surface area contributed by atoms with E-state index in [1.807, 2.05) is 19.1 Å². The molecule has 0 spiro atoms. The van der Waals surface area contributed by atoms with Crippen molar-refractivity contribution in [1.82, 2.24) is 9.97 Å². The average molecular weight is 357 g/mol. The smallest absolute Gasteiger partial charge is 0.145 e. The van der Waals surface area contributed by atoms with Crippen molar-refractivity contribution in [1.29, 1.82) is 5.41 Å². The number of aliphatic hydroxyl groups is 1. The van der Waals surface area contributed by atoms with Crippen LogP contribution in [-0.2, 0) is 0 Å². The van der Waals surface area contributed by atoms with Gasteiger partial charge in [0.1, 0.15) is 23.2 Å². The quantitative estimate of drug-likeness (QED) is 0.635. The van der Waals surface area contributed by atoms with Crippen LogP contribution in [0.5, 0.6) is 0 Å². The summed E-state index contributed by atoms with van der Waals surface area (Å²) in [6.07, 6.45) is 0. The topological polar surface area (TPSA) is 76.0 Å². The molecule has 25 heavy (non-hydrogen) atoms. The Balaban J connectivity index is 1.75. The fourth-order valence-corrected chi connectivity index (χ4v) is 3.28. The predicted molar refractivity (Wildman–Crippen MR) is 96.9 cm³/mol. The Kier molecular flexibility index (Phi) is 3.51. The summed E-state index contributed by atoms with van der Waals surface area (Å²) in [7, 11) is 0. The molecule has 2 heterocycles. The van der Waals surface area contributed by atoms with Gasteiger partial charge >= 0.3 is 0 Å². The van der Waals surface area contributed by atoms with Gasteiger partial charge in [0.15, 0.2) is 0 Å². The first-order chi connectivity index (χ1) is 11.9. The number of imidazole rings is 1. The molecule has 5 nitrogen and oxygen atoms in total. The van der Waals surface area contributed by atoms with Gasteiger partial charge in [-0.25, -0.2) is 9.37 Å². The van der Waals surface area contributed by atoms with Crippen LogP contribution < -0.4 is 4.90 Å². The van der Waals surface area contributed by atoms with Crippen LogP contribution in [0.3, 0.4) is 0 Å². The molecule has 0 amide bonds. The molecule has 0 radical (unpaired) electrons. The maximum Gasteiger partial charge on any atom is 0.145 e. The molecule has 0 aliphatic carbocycles. The van der Waals surface area contributed by atoms with E-state index in [1.54, 1.807) is 17.0 Å². The molecule has 3 N–H and O–H groups in total. The van der Waals surface area contributed by atoms with Crippen molar-refractivity contribution in [2.45, 2.75) is 6.92 Å². The normalized spacial score (nSPS) is 14.8. The third kappa shape index (κ3) is 2.55. The average Bonchev–Trinajstić information content (AvgIpc) is 3.07. The number of rotatable bonds is 2. The summed E-state index contributed by atoms with van der Waals surface area (Å²) in [5.74, 6) is 0.138. The first kappa shape index (κ1) is 15.7. The van der Waals surface area contributed by atoms with E-state index >= 15 is 0 Å². The first-order valence-electron chi connectivity index (χ1n) is 7.64. The third-order valence-corrected chi connectivity index (χ3v) is 4.47. The molecule has 1 aliphatic rings. The molecule has 0 saturated heterocycles. The zero-order valence-electron chi connectivity index (χ0n) is 13.3. The number of fused-ring (bicyclic) bond motifs is 1. The lowest BCUT2D eigenvalue weighted by Gasteiger charge is -2.21. The Bertz CT molecular complexity index is 1060. The second-order valence-corrected chi connectivity index (χ2v) is 6.37. The molecular formula is C18H14ClFN4O. The van der Waals surface area contributed by atoms with E-state index in [1.165, 1.54) is 12.1 Å². The Hall–Kier alpha value is -2.86. The summed E-state index contributed by atoms with van der Waals surface area (Å²) in [4.78, 5) is 9.03. The van der Waals surface area contributed by atoms with E-state index in [2.05, 4.69) is 9.97 Å². The number of aryl methyl sites for hydroxylation is 1. The minimum Gasteiger partial charge on any atom is -0.509 e. The lowest BCUT2D eigenvalue weighted by Crippen LogP contribution is -2.26. The summed E-state index contributed by atoms with van der Waals surface area (Å²) in [5, 5.41) is 19.5. The van der Waals surface area contributed by atoms with Gasteiger partial charge in [0.05, 0.1) is 23.2 Å². The molecule has 3 aromatic rings. The Morgan fingerprint density at radius 2 is 2.08 bits per heavy atom. The van der Waals surface area contributed by atoms with E-state index < -0.39 is 0 Å². The zero-order chi connectivity index (χ0) is 17.7. The van der Waals surface area contributed by atoms with Gasteiger partial charge in [-0.2, -0.15) is 0 Å². The molecule has 0 fully saturated rings. The van der Waals surface area contributed by atoms with Gasteiger partial charge in [0.25, 0.3) is 0 Å². The summed E-state index contributed by atoms with van der Waals surface area (Å²) in [6, 6.07) is 9.59. The lowest BCUT2D eigenvalue weighted by molar-refractivity contribution is 0.411. The summed E-state index contributed by atoms with van der Waals surface area (Å²) in [6.45, 7) is 2.07. The van der Waals surface area contributed by atoms with E-state index in [9.17, 15) is 9.50 Å². The molecule has 0 atom stereocenters. The molecule has 4 rings (SSSR count). The van der Waals surface area contributed by atoms with Gasteiger partial charge < -0.3 is 15.0 Å². The van der Waals surface area contributed by atoms with Gasteiger partial charge in [0.2, 0.25) is 0 Å². The number of hydrogen-bond donors (Lipinski definition) is 3. The molecular weight excluding hydrogens is 343 g/mol. The minimum atomic E-state index is -0.374. The lowest BCUT2D eigenvalue weighted by atomic mass is 10.1. The Morgan fingerprint density at radius 3 is 2.84 bits per heavy atom. The molecule has 126 valence electrons. The van der Waals surface area contributed by atoms with Gasteiger partial charge in [-0.3, -0.25) is 5.41 Å². The fourth-order valence-electron chi connectivity index (χ4n) is 3.06. The fraction of sp³-hybridized carbons (Fsp3) is 0.111. The summed E-state index contributed by atoms with van der Waals surface area (Å²) >= 11 is 5.99. The van der Waals surface area contributed by atoms with Crippen molar-refractivity contribution in [2.75, 3.05) is 11.4 Å². The Morgan fingerprint density at radius 1 is 1.28 bits per heavy atom. The summed E-state index contributed by atoms with van der Waals surface area (Å²) in [5.41, 5.74) is 3.09. The maximum atomic E-state index is 13.4. The van der Waals surface area contributed by atoms with Crippen LogP contribution in [0.25, 0.3) is 16.6 Å². The number of hydrogen-bond acceptors (Lipinski definition) is 3. The van der Waals surface area contributed by atoms with Gasteiger partial charge in [-0.05, 0) is 48.9 Å². The van der Waals surface area contributed by atoms with Crippen LogP contribution in [0.2, 0.25) is 5.02 Å². The highest BCUT2D eigenvalue weighted by Crippen LogP contribution is 2.33. The third-order valence-electron chi connectivity index (χ3n) is 4.23. The van der Waals surface area contributed by atoms with Crippen molar-refractivity contribution in [3.8, 4) is 0 Å². The number of aromatic amines is 1. The first-order valence-corrected chi connectivity index (χ1v) is 8.02. The number of halogens is 2. The van der Waals surface area contributed by atoms with Crippen molar-refractivity contribution in [3.63, 3.8) is 0 Å². The van der Waals surface area contributed by atoms with Crippen LogP contribution in [0, 0.1) is 18.2 Å². The largest absolute Gasteiger partial charge is 0.509 e. The highest BCUT2D eigenvalue weighted by atomic mass is 35.5. The zero-order valence-corrected chi connectivity index (χ0v) is 14.0. The van der Waals surface area contributed by atoms with E-state index in [0.717, 1.165) is 11.3 Å². The monoisotopic (exact) mass is 356 g/mol. The van der Waals surface area contributed by atoms with E-state index in [4.69, 9.17) is 17.0 Å². The highest BCUT2D eigenvalue weighted by Gasteiger charge is 2.32. The minimum absolute atomic E-state index is 0.0406. The van der Waals surface area contributed by atoms with Gasteiger partial charge in [-0.15, -0.1) is 0 Å². The number of anilines is 1. The van der Waals surface area contributed by atoms with Crippen LogP contribution in [-0.4, -0.2) is 27.5 Å². The number of nitrogens with zero attached hydrogens (tertiary/aromatic N) is 2. The number of H-pyrrole nitrogens is 1. The van der Waals surface area contributed by atoms with Crippen molar-refractivity contribution in [2.24, 2.45) is 0 Å². The van der Waals surface area contributed by atoms with Crippen LogP contribution >= 0.6 is 11.6 Å². The molecule has 1 aromatic heterocycles. The number of nitrogens with one attached hydrogen (secondary N) is 2. The van der Waals surface area contributed by atoms with Crippen LogP contribution in [0.15, 0.2) is 42.2 Å². The second-order valence-electron chi connectivity index (χ2n) is 5.93. The predicted octanol–water partition coefficient (Wildman–Crippen LogP) is 4.43. The highest BCUT2D eigenvalue weighted by molar-refractivity contribution is 6.32. The number of benzene rings is 2. The standard InChI is InChI=1S/C18H14ClFN4O/c1-9-6-10(19)2-5-14(9)24-8-15(25)16(17(24)21)18-22-12-4-3-11(20)7-13(12)23-18/h2-7,21,25H,8H2,1H3,(H,22,23). The SMILES string of the molecule is Cc1cc(Cl)ccc1N1CC(O)=C(c2nc3ccc(F)cc3[nH]2)C1=N. The molecule has 0 saturated carbocycles. The second kappa shape index (κ2) is 5.60. The molecule has 0 unspecified atom stereocenters. The molecule has 2 aromatic carbocycles. The van der Waals surface area contributed by atoms with Crippen LogP contribution in [0.1, 0.15) is 11.4 Å². The summed E-state index contributed by atoms with van der Waals surface area (Å²) < 4.78 is 13.4. The van der Waals surface area contributed by atoms with Crippen molar-refractivity contribution >= 4 is 39.7 Å². The van der Waals surface area contributed by atoms with Crippen LogP contribution in [0.4, 0.5) is 10.1 Å². The number of aromatic nitrogens is 2. The van der Waals surface area contributed by atoms with E-state index in [-0.39, 0.29) is 24.0 Å². The number of amidine groups is 1. The molecule has 1 aliphatic heterocycles.